The molecule has 1 aliphatic rings. The van der Waals surface area contributed by atoms with E-state index in [0.717, 1.165) is 16.6 Å². The molecule has 164 valence electrons. The second-order valence-electron chi connectivity index (χ2n) is 7.73. The molecule has 33 heavy (non-hydrogen) atoms. The van der Waals surface area contributed by atoms with Gasteiger partial charge in [0.25, 0.3) is 0 Å². The first-order valence-corrected chi connectivity index (χ1v) is 10.4. The molecule has 3 aromatic carbocycles. The molecule has 1 N–H and O–H groups in total. The summed E-state index contributed by atoms with van der Waals surface area (Å²) < 4.78 is 10.8. The Hall–Kier alpha value is -4.39. The number of methoxy groups -OCH3 is 1. The monoisotopic (exact) mass is 440 g/mol. The van der Waals surface area contributed by atoms with E-state index in [4.69, 9.17) is 14.3 Å². The number of rotatable bonds is 5. The van der Waals surface area contributed by atoms with E-state index in [0.29, 0.717) is 29.0 Å². The van der Waals surface area contributed by atoms with Crippen LogP contribution in [0.1, 0.15) is 33.9 Å². The van der Waals surface area contributed by atoms with Crippen LogP contribution in [-0.2, 0) is 0 Å². The Morgan fingerprint density at radius 3 is 2.52 bits per heavy atom. The van der Waals surface area contributed by atoms with Gasteiger partial charge in [0.05, 0.1) is 35.7 Å². The summed E-state index contributed by atoms with van der Waals surface area (Å²) in [6, 6.07) is 23.3. The van der Waals surface area contributed by atoms with Crippen molar-refractivity contribution in [2.24, 2.45) is 5.10 Å². The van der Waals surface area contributed by atoms with Gasteiger partial charge in [-0.25, -0.2) is 9.59 Å². The number of ether oxygens (including phenoxy) is 1. The zero-order valence-electron chi connectivity index (χ0n) is 17.8. The fraction of sp³-hybridized carbons (Fsp3) is 0.115. The average Bonchev–Trinajstić information content (AvgIpc) is 3.29. The van der Waals surface area contributed by atoms with E-state index in [-0.39, 0.29) is 11.6 Å². The van der Waals surface area contributed by atoms with Crippen molar-refractivity contribution in [3.8, 4) is 5.75 Å². The largest absolute Gasteiger partial charge is 0.497 e. The van der Waals surface area contributed by atoms with Crippen LogP contribution in [0.3, 0.4) is 0 Å². The van der Waals surface area contributed by atoms with E-state index >= 15 is 0 Å². The minimum atomic E-state index is -0.990. The number of carbonyl (C=O) groups is 1. The molecule has 2 heterocycles. The summed E-state index contributed by atoms with van der Waals surface area (Å²) in [7, 11) is 1.58. The first kappa shape index (κ1) is 20.5. The summed E-state index contributed by atoms with van der Waals surface area (Å²) in [6.45, 7) is 0. The molecule has 4 aromatic rings. The molecule has 0 radical (unpaired) electrons. The van der Waals surface area contributed by atoms with Gasteiger partial charge in [0.1, 0.15) is 11.3 Å². The molecule has 0 saturated carbocycles. The van der Waals surface area contributed by atoms with Crippen LogP contribution >= 0.6 is 0 Å². The lowest BCUT2D eigenvalue weighted by Crippen LogP contribution is -2.18. The van der Waals surface area contributed by atoms with Crippen LogP contribution in [0, 0.1) is 0 Å². The topological polar surface area (TPSA) is 92.3 Å². The van der Waals surface area contributed by atoms with Crippen LogP contribution < -0.4 is 15.4 Å². The quantitative estimate of drug-likeness (QED) is 0.446. The third-order valence-electron chi connectivity index (χ3n) is 5.72. The number of nitrogens with zero attached hydrogens (tertiary/aromatic N) is 2. The smallest absolute Gasteiger partial charge is 0.345 e. The third kappa shape index (κ3) is 3.85. The molecule has 5 rings (SSSR count). The van der Waals surface area contributed by atoms with E-state index in [1.807, 2.05) is 41.4 Å². The van der Waals surface area contributed by atoms with Crippen molar-refractivity contribution in [1.82, 2.24) is 0 Å². The Kier molecular flexibility index (Phi) is 5.14. The highest BCUT2D eigenvalue weighted by Crippen LogP contribution is 2.36. The Morgan fingerprint density at radius 2 is 1.82 bits per heavy atom. The van der Waals surface area contributed by atoms with Gasteiger partial charge in [-0.05, 0) is 54.1 Å². The lowest BCUT2D eigenvalue weighted by molar-refractivity contribution is 0.0697. The number of anilines is 1. The number of benzene rings is 3. The molecule has 1 unspecified atom stereocenters. The molecule has 7 nitrogen and oxygen atoms in total. The first-order valence-electron chi connectivity index (χ1n) is 10.4. The highest BCUT2D eigenvalue weighted by molar-refractivity contribution is 6.04. The van der Waals surface area contributed by atoms with Crippen LogP contribution in [-0.4, -0.2) is 23.9 Å². The van der Waals surface area contributed by atoms with Crippen molar-refractivity contribution < 1.29 is 19.1 Å². The van der Waals surface area contributed by atoms with E-state index in [1.165, 1.54) is 0 Å². The summed E-state index contributed by atoms with van der Waals surface area (Å²) in [5.41, 5.74) is 2.97. The average molecular weight is 440 g/mol. The minimum absolute atomic E-state index is 0.155. The number of hydrogen-bond acceptors (Lipinski definition) is 6. The Balaban J connectivity index is 1.60. The van der Waals surface area contributed by atoms with Crippen LogP contribution in [0.15, 0.2) is 93.2 Å². The molecule has 0 saturated heterocycles. The van der Waals surface area contributed by atoms with Gasteiger partial charge in [-0.15, -0.1) is 0 Å². The Morgan fingerprint density at radius 1 is 1.06 bits per heavy atom. The maximum absolute atomic E-state index is 12.8. The Bertz CT molecular complexity index is 1430. The number of hydrazone groups is 1. The SMILES string of the molecule is COc1ccc2oc(=O)c(C3=NN(c4ccc(C(=O)O)cc4)C(c4ccccc4)C3)cc2c1. The number of fused-ring (bicyclic) bond motifs is 1. The maximum atomic E-state index is 12.8. The van der Waals surface area contributed by atoms with Gasteiger partial charge < -0.3 is 14.3 Å². The van der Waals surface area contributed by atoms with Gasteiger partial charge in [-0.3, -0.25) is 5.01 Å². The summed E-state index contributed by atoms with van der Waals surface area (Å²) in [5, 5.41) is 16.6. The third-order valence-corrected chi connectivity index (χ3v) is 5.72. The van der Waals surface area contributed by atoms with Crippen LogP contribution in [0.2, 0.25) is 0 Å². The molecular weight excluding hydrogens is 420 g/mol. The predicted octanol–water partition coefficient (Wildman–Crippen LogP) is 4.86. The number of carboxylic acids is 1. The molecule has 1 atom stereocenters. The molecule has 1 aliphatic heterocycles. The van der Waals surface area contributed by atoms with E-state index in [9.17, 15) is 14.7 Å². The maximum Gasteiger partial charge on any atom is 0.345 e. The van der Waals surface area contributed by atoms with E-state index < -0.39 is 11.6 Å². The van der Waals surface area contributed by atoms with E-state index in [1.54, 1.807) is 49.6 Å². The summed E-state index contributed by atoms with van der Waals surface area (Å²) in [5.74, 6) is -0.325. The Labute approximate surface area is 189 Å². The summed E-state index contributed by atoms with van der Waals surface area (Å²) in [6.07, 6.45) is 0.491. The summed E-state index contributed by atoms with van der Waals surface area (Å²) in [4.78, 5) is 24.1. The fourth-order valence-corrected chi connectivity index (χ4v) is 4.03. The van der Waals surface area contributed by atoms with Crippen molar-refractivity contribution in [2.45, 2.75) is 12.5 Å². The van der Waals surface area contributed by atoms with Crippen LogP contribution in [0.5, 0.6) is 5.75 Å². The second-order valence-corrected chi connectivity index (χ2v) is 7.73. The van der Waals surface area contributed by atoms with E-state index in [2.05, 4.69) is 0 Å². The molecule has 7 heteroatoms. The normalized spacial score (nSPS) is 15.5. The van der Waals surface area contributed by atoms with Crippen LogP contribution in [0.25, 0.3) is 11.0 Å². The van der Waals surface area contributed by atoms with Gasteiger partial charge in [-0.2, -0.15) is 5.10 Å². The molecule has 0 amide bonds. The zero-order chi connectivity index (χ0) is 22.9. The molecule has 0 bridgehead atoms. The first-order chi connectivity index (χ1) is 16.0. The number of carboxylic acid groups (broad SMARTS) is 1. The molecule has 0 aliphatic carbocycles. The van der Waals surface area contributed by atoms with Crippen molar-refractivity contribution >= 4 is 28.3 Å². The highest BCUT2D eigenvalue weighted by atomic mass is 16.5. The van der Waals surface area contributed by atoms with Gasteiger partial charge in [-0.1, -0.05) is 30.3 Å². The van der Waals surface area contributed by atoms with Gasteiger partial charge in [0.2, 0.25) is 0 Å². The highest BCUT2D eigenvalue weighted by Gasteiger charge is 2.31. The van der Waals surface area contributed by atoms with Crippen molar-refractivity contribution in [3.63, 3.8) is 0 Å². The zero-order valence-corrected chi connectivity index (χ0v) is 17.8. The van der Waals surface area contributed by atoms with Gasteiger partial charge in [0.15, 0.2) is 0 Å². The second kappa shape index (κ2) is 8.27. The number of hydrogen-bond donors (Lipinski definition) is 1. The molecular formula is C26H20N2O5. The van der Waals surface area contributed by atoms with Crippen molar-refractivity contribution in [3.05, 3.63) is 106 Å². The van der Waals surface area contributed by atoms with Crippen molar-refractivity contribution in [2.75, 3.05) is 12.1 Å². The lowest BCUT2D eigenvalue weighted by Gasteiger charge is -2.24. The standard InChI is InChI=1S/C26H20N2O5/c1-32-20-11-12-24-18(13-20)14-21(26(31)33-24)22-15-23(16-5-3-2-4-6-16)28(27-22)19-9-7-17(8-10-19)25(29)30/h2-14,23H,15H2,1H3,(H,29,30). The van der Waals surface area contributed by atoms with Gasteiger partial charge in [0, 0.05) is 11.8 Å². The minimum Gasteiger partial charge on any atom is -0.497 e. The number of aromatic carboxylic acids is 1. The van der Waals surface area contributed by atoms with Gasteiger partial charge >= 0.3 is 11.6 Å². The molecule has 0 spiro atoms. The fourth-order valence-electron chi connectivity index (χ4n) is 4.03. The molecule has 1 aromatic heterocycles. The van der Waals surface area contributed by atoms with Crippen molar-refractivity contribution in [1.29, 1.82) is 0 Å². The lowest BCUT2D eigenvalue weighted by atomic mass is 9.98. The predicted molar refractivity (Wildman–Crippen MR) is 125 cm³/mol. The molecule has 0 fully saturated rings. The summed E-state index contributed by atoms with van der Waals surface area (Å²) >= 11 is 0. The van der Waals surface area contributed by atoms with Crippen LogP contribution in [0.4, 0.5) is 5.69 Å².